The molecular formula is C36H60N18. The minimum Gasteiger partial charge on any atom is -0.354 e. The lowest BCUT2D eigenvalue weighted by atomic mass is 10.2. The van der Waals surface area contributed by atoms with Gasteiger partial charge < -0.3 is 45.3 Å². The van der Waals surface area contributed by atoms with Crippen LogP contribution < -0.4 is 45.3 Å². The average molecular weight is 745 g/mol. The van der Waals surface area contributed by atoms with Crippen molar-refractivity contribution in [2.45, 2.75) is 78.6 Å². The van der Waals surface area contributed by atoms with Gasteiger partial charge in [0.1, 0.15) is 0 Å². The highest BCUT2D eigenvalue weighted by Crippen LogP contribution is 2.26. The van der Waals surface area contributed by atoms with Crippen LogP contribution in [0.5, 0.6) is 0 Å². The molecule has 0 saturated carbocycles. The first-order chi connectivity index (χ1) is 26.6. The number of hydrogen-bond donors (Lipinski definition) is 3. The second-order valence-corrected chi connectivity index (χ2v) is 14.6. The van der Waals surface area contributed by atoms with E-state index in [1.165, 1.54) is 19.3 Å². The summed E-state index contributed by atoms with van der Waals surface area (Å²) in [6.07, 6.45) is 10.2. The highest BCUT2D eigenvalue weighted by atomic mass is 15.5. The maximum absolute atomic E-state index is 5.07. The molecule has 10 heterocycles. The predicted octanol–water partition coefficient (Wildman–Crippen LogP) is 3.34. The third-order valence-corrected chi connectivity index (χ3v) is 10.6. The molecule has 3 aromatic heterocycles. The second kappa shape index (κ2) is 18.5. The fourth-order valence-corrected chi connectivity index (χ4v) is 7.19. The van der Waals surface area contributed by atoms with E-state index in [1.807, 2.05) is 0 Å². The number of hydrogen-bond acceptors (Lipinski definition) is 18. The summed E-state index contributed by atoms with van der Waals surface area (Å²) in [5.74, 6) is 6.14. The van der Waals surface area contributed by atoms with Gasteiger partial charge in [-0.1, -0.05) is 59.3 Å². The van der Waals surface area contributed by atoms with Gasteiger partial charge in [-0.05, 0) is 19.3 Å². The number of anilines is 9. The molecule has 3 aromatic rings. The summed E-state index contributed by atoms with van der Waals surface area (Å²) in [5.41, 5.74) is 0. The smallest absolute Gasteiger partial charge is 0.232 e. The van der Waals surface area contributed by atoms with E-state index in [0.717, 1.165) is 137 Å². The lowest BCUT2D eigenvalue weighted by molar-refractivity contribution is 0.612. The number of nitrogens with zero attached hydrogens (tertiary/aromatic N) is 15. The molecule has 7 aliphatic rings. The summed E-state index contributed by atoms with van der Waals surface area (Å²) in [6, 6.07) is 0. The lowest BCUT2D eigenvalue weighted by Crippen LogP contribution is -2.49. The van der Waals surface area contributed by atoms with Crippen molar-refractivity contribution in [3.8, 4) is 0 Å². The summed E-state index contributed by atoms with van der Waals surface area (Å²) in [4.78, 5) is 58.5. The van der Waals surface area contributed by atoms with Crippen molar-refractivity contribution < 1.29 is 0 Å². The molecule has 0 atom stereocenters. The fourth-order valence-electron chi connectivity index (χ4n) is 7.19. The predicted molar refractivity (Wildman–Crippen MR) is 217 cm³/mol. The SMILES string of the molecule is CCCCCNc1nc2nc(n1)N1CCN(CC1)c1nc(NCCCCC)nc(n1)N1CCN(CC1)c1nc(NCCCCC)nc(n1)N1CCN2CC1. The molecule has 0 radical (unpaired) electrons. The van der Waals surface area contributed by atoms with Gasteiger partial charge in [-0.25, -0.2) is 0 Å². The van der Waals surface area contributed by atoms with E-state index < -0.39 is 0 Å². The first-order valence-corrected chi connectivity index (χ1v) is 20.6. The van der Waals surface area contributed by atoms with Gasteiger partial charge in [0, 0.05) is 98.2 Å². The number of aromatic nitrogens is 9. The van der Waals surface area contributed by atoms with E-state index in [4.69, 9.17) is 44.9 Å². The zero-order chi connectivity index (χ0) is 37.1. The highest BCUT2D eigenvalue weighted by Gasteiger charge is 2.29. The molecule has 18 heteroatoms. The van der Waals surface area contributed by atoms with Crippen molar-refractivity contribution in [2.24, 2.45) is 0 Å². The standard InChI is InChI=1S/C36H60N18/c1-4-7-10-13-37-28-40-31-46-32(41-28)50-18-22-52(23-19-50)34-43-30(39-15-12-9-6-3)45-36(48-34)54-26-24-53(25-27-54)35-44-29(38-14-11-8-5-2)42-33(47-35)51-20-16-49(31)17-21-51/h4-27H2,1-3H3,(H,37,40,41,46)(H,38,42,44,47)(H,39,43,45,48). The van der Waals surface area contributed by atoms with Gasteiger partial charge >= 0.3 is 0 Å². The van der Waals surface area contributed by atoms with Crippen LogP contribution in [0.3, 0.4) is 0 Å². The van der Waals surface area contributed by atoms with E-state index in [0.29, 0.717) is 53.5 Å². The Balaban J connectivity index is 1.21. The van der Waals surface area contributed by atoms with Gasteiger partial charge in [0.05, 0.1) is 0 Å². The lowest BCUT2D eigenvalue weighted by Gasteiger charge is -2.36. The molecule has 294 valence electrons. The number of rotatable bonds is 15. The molecular weight excluding hydrogens is 685 g/mol. The van der Waals surface area contributed by atoms with E-state index in [-0.39, 0.29) is 0 Å². The van der Waals surface area contributed by atoms with Crippen LogP contribution in [0.15, 0.2) is 0 Å². The molecule has 0 aliphatic carbocycles. The van der Waals surface area contributed by atoms with Gasteiger partial charge in [-0.2, -0.15) is 44.9 Å². The summed E-state index contributed by atoms with van der Waals surface area (Å²) in [7, 11) is 0. The van der Waals surface area contributed by atoms with Crippen LogP contribution in [0.4, 0.5) is 53.5 Å². The number of nitrogens with one attached hydrogen (secondary N) is 3. The monoisotopic (exact) mass is 745 g/mol. The van der Waals surface area contributed by atoms with E-state index in [1.54, 1.807) is 0 Å². The van der Waals surface area contributed by atoms with E-state index in [2.05, 4.69) is 66.1 Å². The van der Waals surface area contributed by atoms with Crippen molar-refractivity contribution in [3.63, 3.8) is 0 Å². The van der Waals surface area contributed by atoms with Crippen LogP contribution in [0, 0.1) is 0 Å². The molecule has 3 fully saturated rings. The van der Waals surface area contributed by atoms with Gasteiger partial charge in [0.2, 0.25) is 53.5 Å². The Bertz CT molecular complexity index is 1340. The van der Waals surface area contributed by atoms with Gasteiger partial charge in [0.15, 0.2) is 0 Å². The Morgan fingerprint density at radius 3 is 0.704 bits per heavy atom. The average Bonchev–Trinajstić information content (AvgIpc) is 3.22. The minimum absolute atomic E-state index is 0.634. The fraction of sp³-hybridized carbons (Fsp3) is 0.750. The third kappa shape index (κ3) is 9.47. The molecule has 12 bridgehead atoms. The quantitative estimate of drug-likeness (QED) is 0.193. The summed E-state index contributed by atoms with van der Waals surface area (Å²) in [5, 5.41) is 10.5. The zero-order valence-electron chi connectivity index (χ0n) is 32.7. The first kappa shape index (κ1) is 37.5. The molecule has 54 heavy (non-hydrogen) atoms. The molecule has 3 saturated heterocycles. The molecule has 0 unspecified atom stereocenters. The summed E-state index contributed by atoms with van der Waals surface area (Å²) >= 11 is 0. The third-order valence-electron chi connectivity index (χ3n) is 10.6. The Hall–Kier alpha value is -4.77. The first-order valence-electron chi connectivity index (χ1n) is 20.6. The topological polar surface area (TPSA) is 172 Å². The van der Waals surface area contributed by atoms with E-state index in [9.17, 15) is 0 Å². The zero-order valence-corrected chi connectivity index (χ0v) is 32.7. The number of piperazine rings is 3. The molecule has 10 rings (SSSR count). The Kier molecular flexibility index (Phi) is 12.9. The van der Waals surface area contributed by atoms with Crippen molar-refractivity contribution in [2.75, 3.05) is 144 Å². The Labute approximate surface area is 320 Å². The minimum atomic E-state index is 0.634. The summed E-state index contributed by atoms with van der Waals surface area (Å²) < 4.78 is 0. The van der Waals surface area contributed by atoms with Crippen molar-refractivity contribution in [1.29, 1.82) is 0 Å². The van der Waals surface area contributed by atoms with Crippen molar-refractivity contribution >= 4 is 53.5 Å². The van der Waals surface area contributed by atoms with Crippen molar-refractivity contribution in [1.82, 2.24) is 44.9 Å². The van der Waals surface area contributed by atoms with Gasteiger partial charge in [-0.15, -0.1) is 0 Å². The highest BCUT2D eigenvalue weighted by molar-refractivity contribution is 5.52. The number of fused-ring (bicyclic) bond motifs is 3. The normalized spacial score (nSPS) is 16.9. The van der Waals surface area contributed by atoms with E-state index >= 15 is 0 Å². The maximum Gasteiger partial charge on any atom is 0.232 e. The van der Waals surface area contributed by atoms with Crippen LogP contribution in [0.25, 0.3) is 0 Å². The second-order valence-electron chi connectivity index (χ2n) is 14.6. The van der Waals surface area contributed by atoms with Crippen molar-refractivity contribution in [3.05, 3.63) is 0 Å². The largest absolute Gasteiger partial charge is 0.354 e. The van der Waals surface area contributed by atoms with Crippen LogP contribution in [-0.4, -0.2) is 143 Å². The van der Waals surface area contributed by atoms with Crippen LogP contribution >= 0.6 is 0 Å². The van der Waals surface area contributed by atoms with Gasteiger partial charge in [-0.3, -0.25) is 0 Å². The van der Waals surface area contributed by atoms with Gasteiger partial charge in [0.25, 0.3) is 0 Å². The van der Waals surface area contributed by atoms with Crippen LogP contribution in [0.2, 0.25) is 0 Å². The molecule has 0 aromatic carbocycles. The molecule has 0 spiro atoms. The molecule has 3 N–H and O–H groups in total. The summed E-state index contributed by atoms with van der Waals surface area (Å²) in [6.45, 7) is 18.2. The molecule has 18 nitrogen and oxygen atoms in total. The van der Waals surface area contributed by atoms with Crippen LogP contribution in [-0.2, 0) is 0 Å². The molecule has 7 aliphatic heterocycles. The number of unbranched alkanes of at least 4 members (excludes halogenated alkanes) is 6. The Morgan fingerprint density at radius 1 is 0.315 bits per heavy atom. The Morgan fingerprint density at radius 2 is 0.519 bits per heavy atom. The van der Waals surface area contributed by atoms with Crippen LogP contribution in [0.1, 0.15) is 78.6 Å². The maximum atomic E-state index is 5.07. The molecule has 0 amide bonds.